The molecular formula is C7H13N2O. The van der Waals surface area contributed by atoms with E-state index >= 15 is 0 Å². The maximum atomic E-state index is 5.33. The number of rotatable bonds is 3. The van der Waals surface area contributed by atoms with Crippen molar-refractivity contribution >= 4 is 0 Å². The molecule has 3 heteroatoms. The maximum Gasteiger partial charge on any atom is 0.122 e. The highest BCUT2D eigenvalue weighted by Crippen LogP contribution is 1.91. The second kappa shape index (κ2) is 4.44. The van der Waals surface area contributed by atoms with Crippen molar-refractivity contribution in [1.29, 1.82) is 0 Å². The Morgan fingerprint density at radius 2 is 2.70 bits per heavy atom. The van der Waals surface area contributed by atoms with Gasteiger partial charge in [0.2, 0.25) is 0 Å². The summed E-state index contributed by atoms with van der Waals surface area (Å²) in [6, 6.07) is 0. The highest BCUT2D eigenvalue weighted by molar-refractivity contribution is 4.73. The maximum absolute atomic E-state index is 5.33. The highest BCUT2D eigenvalue weighted by atomic mass is 16.5. The molecule has 1 rings (SSSR count). The van der Waals surface area contributed by atoms with Crippen molar-refractivity contribution in [3.8, 4) is 0 Å². The SMILES string of the molecule is C=CCNC1C[N]CCO1. The van der Waals surface area contributed by atoms with Crippen LogP contribution >= 0.6 is 0 Å². The number of nitrogens with zero attached hydrogens (tertiary/aromatic N) is 1. The summed E-state index contributed by atoms with van der Waals surface area (Å²) in [5, 5.41) is 7.33. The third-order valence-corrected chi connectivity index (χ3v) is 1.35. The first-order chi connectivity index (χ1) is 4.93. The van der Waals surface area contributed by atoms with Crippen LogP contribution in [0.25, 0.3) is 0 Å². The molecular weight excluding hydrogens is 128 g/mol. The third-order valence-electron chi connectivity index (χ3n) is 1.35. The quantitative estimate of drug-likeness (QED) is 0.549. The minimum Gasteiger partial charge on any atom is -0.361 e. The van der Waals surface area contributed by atoms with Crippen LogP contribution in [0.15, 0.2) is 12.7 Å². The summed E-state index contributed by atoms with van der Waals surface area (Å²) in [6.45, 7) is 6.74. The Bertz CT molecular complexity index is 99.8. The molecule has 0 aliphatic carbocycles. The topological polar surface area (TPSA) is 35.4 Å². The van der Waals surface area contributed by atoms with Crippen LogP contribution in [-0.4, -0.2) is 32.5 Å². The Morgan fingerprint density at radius 1 is 1.80 bits per heavy atom. The van der Waals surface area contributed by atoms with Gasteiger partial charge in [-0.1, -0.05) is 6.08 Å². The highest BCUT2D eigenvalue weighted by Gasteiger charge is 2.11. The number of ether oxygens (including phenoxy) is 1. The monoisotopic (exact) mass is 141 g/mol. The molecule has 0 amide bonds. The lowest BCUT2D eigenvalue weighted by molar-refractivity contribution is 0.00784. The van der Waals surface area contributed by atoms with Crippen LogP contribution < -0.4 is 10.6 Å². The van der Waals surface area contributed by atoms with Gasteiger partial charge in [-0.3, -0.25) is 5.32 Å². The van der Waals surface area contributed by atoms with Crippen molar-refractivity contribution in [2.75, 3.05) is 26.2 Å². The average Bonchev–Trinajstić information content (AvgIpc) is 2.03. The zero-order chi connectivity index (χ0) is 7.23. The largest absolute Gasteiger partial charge is 0.361 e. The molecule has 1 fully saturated rings. The third kappa shape index (κ3) is 2.47. The van der Waals surface area contributed by atoms with Gasteiger partial charge in [0.1, 0.15) is 6.23 Å². The fourth-order valence-electron chi connectivity index (χ4n) is 0.859. The Labute approximate surface area is 61.4 Å². The average molecular weight is 141 g/mol. The van der Waals surface area contributed by atoms with Crippen LogP contribution in [0, 0.1) is 0 Å². The molecule has 1 N–H and O–H groups in total. The van der Waals surface area contributed by atoms with E-state index in [-0.39, 0.29) is 6.23 Å². The predicted octanol–water partition coefficient (Wildman–Crippen LogP) is -0.277. The minimum absolute atomic E-state index is 0.117. The lowest BCUT2D eigenvalue weighted by Crippen LogP contribution is -2.43. The van der Waals surface area contributed by atoms with Gasteiger partial charge in [-0.2, -0.15) is 0 Å². The van der Waals surface area contributed by atoms with E-state index in [4.69, 9.17) is 4.74 Å². The number of morpholine rings is 1. The summed E-state index contributed by atoms with van der Waals surface area (Å²) < 4.78 is 5.33. The first kappa shape index (κ1) is 7.72. The van der Waals surface area contributed by atoms with Gasteiger partial charge in [-0.25, -0.2) is 5.32 Å². The number of hydrogen-bond donors (Lipinski definition) is 1. The first-order valence-electron chi connectivity index (χ1n) is 3.52. The fraction of sp³-hybridized carbons (Fsp3) is 0.714. The Kier molecular flexibility index (Phi) is 3.43. The molecule has 1 aliphatic rings. The first-order valence-corrected chi connectivity index (χ1v) is 3.52. The molecule has 0 aromatic carbocycles. The van der Waals surface area contributed by atoms with Crippen LogP contribution in [0.3, 0.4) is 0 Å². The summed E-state index contributed by atoms with van der Waals surface area (Å²) in [5.74, 6) is 0. The van der Waals surface area contributed by atoms with E-state index in [1.807, 2.05) is 6.08 Å². The fourth-order valence-corrected chi connectivity index (χ4v) is 0.859. The van der Waals surface area contributed by atoms with E-state index in [1.54, 1.807) is 0 Å². The van der Waals surface area contributed by atoms with Crippen LogP contribution in [0.1, 0.15) is 0 Å². The minimum atomic E-state index is 0.117. The molecule has 0 spiro atoms. The van der Waals surface area contributed by atoms with E-state index in [0.29, 0.717) is 0 Å². The lowest BCUT2D eigenvalue weighted by atomic mass is 10.4. The standard InChI is InChI=1S/C7H13N2O/c1-2-3-9-7-6-8-4-5-10-7/h2,7,9H,1,3-6H2. The van der Waals surface area contributed by atoms with Crippen LogP contribution in [0.2, 0.25) is 0 Å². The van der Waals surface area contributed by atoms with Gasteiger partial charge in [0.05, 0.1) is 13.2 Å². The summed E-state index contributed by atoms with van der Waals surface area (Å²) in [4.78, 5) is 0. The lowest BCUT2D eigenvalue weighted by Gasteiger charge is -2.22. The van der Waals surface area contributed by atoms with Gasteiger partial charge in [0.15, 0.2) is 0 Å². The van der Waals surface area contributed by atoms with Crippen molar-refractivity contribution in [2.24, 2.45) is 0 Å². The van der Waals surface area contributed by atoms with Crippen molar-refractivity contribution in [3.63, 3.8) is 0 Å². The molecule has 1 saturated heterocycles. The Hall–Kier alpha value is -0.380. The van der Waals surface area contributed by atoms with E-state index in [0.717, 1.165) is 26.2 Å². The summed E-state index contributed by atoms with van der Waals surface area (Å²) in [7, 11) is 0. The van der Waals surface area contributed by atoms with E-state index in [1.165, 1.54) is 0 Å². The van der Waals surface area contributed by atoms with Crippen molar-refractivity contribution in [1.82, 2.24) is 10.6 Å². The summed E-state index contributed by atoms with van der Waals surface area (Å²) in [6.07, 6.45) is 1.93. The molecule has 0 bridgehead atoms. The predicted molar refractivity (Wildman–Crippen MR) is 39.8 cm³/mol. The molecule has 10 heavy (non-hydrogen) atoms. The van der Waals surface area contributed by atoms with Gasteiger partial charge in [-0.05, 0) is 0 Å². The summed E-state index contributed by atoms with van der Waals surface area (Å²) >= 11 is 0. The molecule has 1 atom stereocenters. The zero-order valence-corrected chi connectivity index (χ0v) is 6.05. The van der Waals surface area contributed by atoms with Gasteiger partial charge >= 0.3 is 0 Å². The van der Waals surface area contributed by atoms with Crippen molar-refractivity contribution in [3.05, 3.63) is 12.7 Å². The van der Waals surface area contributed by atoms with Gasteiger partial charge in [0.25, 0.3) is 0 Å². The van der Waals surface area contributed by atoms with Crippen LogP contribution in [-0.2, 0) is 4.74 Å². The smallest absolute Gasteiger partial charge is 0.122 e. The van der Waals surface area contributed by atoms with Crippen molar-refractivity contribution in [2.45, 2.75) is 6.23 Å². The van der Waals surface area contributed by atoms with E-state index in [9.17, 15) is 0 Å². The molecule has 1 unspecified atom stereocenters. The molecule has 1 aliphatic heterocycles. The second-order valence-electron chi connectivity index (χ2n) is 2.19. The second-order valence-corrected chi connectivity index (χ2v) is 2.19. The Morgan fingerprint density at radius 3 is 3.30 bits per heavy atom. The molecule has 0 saturated carbocycles. The molecule has 57 valence electrons. The van der Waals surface area contributed by atoms with Gasteiger partial charge < -0.3 is 4.74 Å². The van der Waals surface area contributed by atoms with Crippen molar-refractivity contribution < 1.29 is 4.74 Å². The molecule has 3 nitrogen and oxygen atoms in total. The normalized spacial score (nSPS) is 26.2. The van der Waals surface area contributed by atoms with Crippen LogP contribution in [0.4, 0.5) is 0 Å². The van der Waals surface area contributed by atoms with Gasteiger partial charge in [-0.15, -0.1) is 6.58 Å². The van der Waals surface area contributed by atoms with E-state index in [2.05, 4.69) is 17.2 Å². The Balaban J connectivity index is 2.07. The molecule has 1 heterocycles. The number of hydrogen-bond acceptors (Lipinski definition) is 2. The zero-order valence-electron chi connectivity index (χ0n) is 6.05. The summed E-state index contributed by atoms with van der Waals surface area (Å²) in [5.41, 5.74) is 0. The van der Waals surface area contributed by atoms with E-state index < -0.39 is 0 Å². The van der Waals surface area contributed by atoms with Gasteiger partial charge in [0, 0.05) is 13.1 Å². The number of nitrogens with one attached hydrogen (secondary N) is 1. The molecule has 1 radical (unpaired) electrons. The molecule has 0 aromatic heterocycles. The van der Waals surface area contributed by atoms with Crippen LogP contribution in [0.5, 0.6) is 0 Å². The molecule has 0 aromatic rings.